The quantitative estimate of drug-likeness (QED) is 0.756. The van der Waals surface area contributed by atoms with Crippen LogP contribution in [0.15, 0.2) is 18.2 Å². The molecule has 0 aliphatic rings. The van der Waals surface area contributed by atoms with E-state index in [0.29, 0.717) is 16.5 Å². The smallest absolute Gasteiger partial charge is 0.150 e. The Hall–Kier alpha value is -0.260. The van der Waals surface area contributed by atoms with Gasteiger partial charge in [0.05, 0.1) is 5.75 Å². The molecule has 0 N–H and O–H groups in total. The summed E-state index contributed by atoms with van der Waals surface area (Å²) in [6, 6.07) is 4.24. The van der Waals surface area contributed by atoms with Crippen molar-refractivity contribution in [2.75, 3.05) is 17.3 Å². The van der Waals surface area contributed by atoms with Crippen LogP contribution in [0.1, 0.15) is 12.5 Å². The number of benzene rings is 1. The molecule has 0 aliphatic carbocycles. The number of rotatable bonds is 6. The molecule has 1 aromatic carbocycles. The van der Waals surface area contributed by atoms with Crippen LogP contribution >= 0.6 is 23.4 Å². The second kappa shape index (κ2) is 6.61. The van der Waals surface area contributed by atoms with E-state index < -0.39 is 9.84 Å². The van der Waals surface area contributed by atoms with Gasteiger partial charge in [0, 0.05) is 22.3 Å². The molecule has 0 aliphatic heterocycles. The third-order valence-electron chi connectivity index (χ3n) is 2.25. The van der Waals surface area contributed by atoms with E-state index in [4.69, 9.17) is 11.6 Å². The Morgan fingerprint density at radius 3 is 2.71 bits per heavy atom. The second-order valence-electron chi connectivity index (χ2n) is 3.52. The van der Waals surface area contributed by atoms with Crippen molar-refractivity contribution in [1.82, 2.24) is 0 Å². The largest absolute Gasteiger partial charge is 0.229 e. The van der Waals surface area contributed by atoms with Gasteiger partial charge in [0.1, 0.15) is 5.82 Å². The Balaban J connectivity index is 2.41. The Morgan fingerprint density at radius 1 is 1.41 bits per heavy atom. The Morgan fingerprint density at radius 2 is 2.12 bits per heavy atom. The van der Waals surface area contributed by atoms with Gasteiger partial charge in [0.25, 0.3) is 0 Å². The van der Waals surface area contributed by atoms with Crippen LogP contribution in [0.5, 0.6) is 0 Å². The van der Waals surface area contributed by atoms with Gasteiger partial charge in [-0.3, -0.25) is 0 Å². The zero-order valence-electron chi connectivity index (χ0n) is 9.45. The van der Waals surface area contributed by atoms with Gasteiger partial charge < -0.3 is 0 Å². The average Bonchev–Trinajstić information content (AvgIpc) is 2.27. The molecule has 0 fully saturated rings. The van der Waals surface area contributed by atoms with Gasteiger partial charge in [-0.25, -0.2) is 12.8 Å². The zero-order chi connectivity index (χ0) is 12.9. The topological polar surface area (TPSA) is 34.1 Å². The van der Waals surface area contributed by atoms with E-state index >= 15 is 0 Å². The molecule has 1 aromatic rings. The predicted octanol–water partition coefficient (Wildman–Crippen LogP) is 3.15. The monoisotopic (exact) mass is 296 g/mol. The van der Waals surface area contributed by atoms with Gasteiger partial charge in [-0.15, -0.1) is 0 Å². The van der Waals surface area contributed by atoms with Crippen LogP contribution in [-0.4, -0.2) is 25.7 Å². The van der Waals surface area contributed by atoms with Gasteiger partial charge >= 0.3 is 0 Å². The summed E-state index contributed by atoms with van der Waals surface area (Å²) in [5, 5.41) is 0.385. The van der Waals surface area contributed by atoms with E-state index in [1.165, 1.54) is 23.9 Å². The maximum absolute atomic E-state index is 12.8. The predicted molar refractivity (Wildman–Crippen MR) is 71.9 cm³/mol. The molecule has 0 bridgehead atoms. The number of hydrogen-bond donors (Lipinski definition) is 0. The van der Waals surface area contributed by atoms with Gasteiger partial charge in [0.15, 0.2) is 9.84 Å². The third kappa shape index (κ3) is 5.27. The molecule has 1 rings (SSSR count). The summed E-state index contributed by atoms with van der Waals surface area (Å²) in [6.45, 7) is 1.64. The standard InChI is InChI=1S/C11H14ClFO2S2/c1-2-17(14,15)6-5-16-8-9-3-4-10(13)7-11(9)12/h3-4,7H,2,5-6,8H2,1H3. The maximum atomic E-state index is 12.8. The highest BCUT2D eigenvalue weighted by Gasteiger charge is 2.07. The minimum absolute atomic E-state index is 0.171. The van der Waals surface area contributed by atoms with Crippen LogP contribution in [0, 0.1) is 5.82 Å². The lowest BCUT2D eigenvalue weighted by molar-refractivity contribution is 0.598. The van der Waals surface area contributed by atoms with Crippen molar-refractivity contribution in [3.05, 3.63) is 34.6 Å². The fraction of sp³-hybridized carbons (Fsp3) is 0.455. The summed E-state index contributed by atoms with van der Waals surface area (Å²) < 4.78 is 35.2. The molecule has 0 saturated carbocycles. The van der Waals surface area contributed by atoms with Crippen LogP contribution in [0.2, 0.25) is 5.02 Å². The molecule has 0 saturated heterocycles. The summed E-state index contributed by atoms with van der Waals surface area (Å²) in [5.74, 6) is 1.11. The van der Waals surface area contributed by atoms with Gasteiger partial charge in [-0.2, -0.15) is 11.8 Å². The number of hydrogen-bond acceptors (Lipinski definition) is 3. The molecule has 0 heterocycles. The molecule has 96 valence electrons. The van der Waals surface area contributed by atoms with Crippen LogP contribution in [0.3, 0.4) is 0 Å². The molecule has 0 spiro atoms. The minimum Gasteiger partial charge on any atom is -0.229 e. The van der Waals surface area contributed by atoms with E-state index in [1.807, 2.05) is 0 Å². The van der Waals surface area contributed by atoms with E-state index in [-0.39, 0.29) is 17.3 Å². The summed E-state index contributed by atoms with van der Waals surface area (Å²) in [5.41, 5.74) is 0.826. The van der Waals surface area contributed by atoms with Crippen molar-refractivity contribution in [1.29, 1.82) is 0 Å². The van der Waals surface area contributed by atoms with Gasteiger partial charge in [-0.05, 0) is 17.7 Å². The van der Waals surface area contributed by atoms with Crippen molar-refractivity contribution in [3.8, 4) is 0 Å². The molecule has 0 unspecified atom stereocenters. The Labute approximate surface area is 110 Å². The summed E-state index contributed by atoms with van der Waals surface area (Å²) in [7, 11) is -2.90. The van der Waals surface area contributed by atoms with Crippen molar-refractivity contribution >= 4 is 33.2 Å². The highest BCUT2D eigenvalue weighted by Crippen LogP contribution is 2.22. The van der Waals surface area contributed by atoms with E-state index in [1.54, 1.807) is 13.0 Å². The number of thioether (sulfide) groups is 1. The molecule has 2 nitrogen and oxygen atoms in total. The Bertz CT molecular complexity index is 474. The number of halogens is 2. The van der Waals surface area contributed by atoms with E-state index in [9.17, 15) is 12.8 Å². The molecular formula is C11H14ClFO2S2. The SMILES string of the molecule is CCS(=O)(=O)CCSCc1ccc(F)cc1Cl. The summed E-state index contributed by atoms with van der Waals surface area (Å²) in [4.78, 5) is 0. The Kier molecular flexibility index (Phi) is 5.76. The van der Waals surface area contributed by atoms with Gasteiger partial charge in [0.2, 0.25) is 0 Å². The fourth-order valence-corrected chi connectivity index (χ4v) is 3.86. The molecule has 0 amide bonds. The highest BCUT2D eigenvalue weighted by molar-refractivity contribution is 8.00. The first kappa shape index (κ1) is 14.8. The van der Waals surface area contributed by atoms with E-state index in [0.717, 1.165) is 5.56 Å². The fourth-order valence-electron chi connectivity index (χ4n) is 1.15. The second-order valence-corrected chi connectivity index (χ2v) is 7.51. The molecule has 0 aromatic heterocycles. The molecule has 6 heteroatoms. The highest BCUT2D eigenvalue weighted by atomic mass is 35.5. The van der Waals surface area contributed by atoms with Crippen molar-refractivity contribution in [3.63, 3.8) is 0 Å². The van der Waals surface area contributed by atoms with Crippen LogP contribution in [-0.2, 0) is 15.6 Å². The van der Waals surface area contributed by atoms with Crippen LogP contribution < -0.4 is 0 Å². The van der Waals surface area contributed by atoms with Crippen molar-refractivity contribution in [2.24, 2.45) is 0 Å². The first-order valence-electron chi connectivity index (χ1n) is 5.16. The van der Waals surface area contributed by atoms with Crippen molar-refractivity contribution < 1.29 is 12.8 Å². The van der Waals surface area contributed by atoms with Crippen molar-refractivity contribution in [2.45, 2.75) is 12.7 Å². The van der Waals surface area contributed by atoms with Gasteiger partial charge in [-0.1, -0.05) is 24.6 Å². The molecule has 17 heavy (non-hydrogen) atoms. The first-order valence-corrected chi connectivity index (χ1v) is 8.52. The normalized spacial score (nSPS) is 11.7. The number of sulfone groups is 1. The third-order valence-corrected chi connectivity index (χ3v) is 5.58. The lowest BCUT2D eigenvalue weighted by Crippen LogP contribution is -2.10. The van der Waals surface area contributed by atoms with E-state index in [2.05, 4.69) is 0 Å². The molecule has 0 radical (unpaired) electrons. The zero-order valence-corrected chi connectivity index (χ0v) is 11.8. The van der Waals surface area contributed by atoms with Crippen LogP contribution in [0.4, 0.5) is 4.39 Å². The maximum Gasteiger partial charge on any atom is 0.150 e. The first-order chi connectivity index (χ1) is 7.94. The molecular weight excluding hydrogens is 283 g/mol. The summed E-state index contributed by atoms with van der Waals surface area (Å²) in [6.07, 6.45) is 0. The summed E-state index contributed by atoms with van der Waals surface area (Å²) >= 11 is 7.34. The lowest BCUT2D eigenvalue weighted by Gasteiger charge is -2.04. The lowest BCUT2D eigenvalue weighted by atomic mass is 10.2. The van der Waals surface area contributed by atoms with Crippen LogP contribution in [0.25, 0.3) is 0 Å². The average molecular weight is 297 g/mol. The molecule has 0 atom stereocenters. The minimum atomic E-state index is -2.90.